The van der Waals surface area contributed by atoms with Gasteiger partial charge < -0.3 is 5.11 Å². The van der Waals surface area contributed by atoms with E-state index in [0.717, 1.165) is 12.1 Å². The monoisotopic (exact) mass is 218 g/mol. The van der Waals surface area contributed by atoms with E-state index in [-0.39, 0.29) is 37.7 Å². The fourth-order valence-electron chi connectivity index (χ4n) is 0.868. The summed E-state index contributed by atoms with van der Waals surface area (Å²) in [5.74, 6) is -1.40. The minimum absolute atomic E-state index is 0. The molecular weight excluding hydrogens is 210 g/mol. The number of carboxylic acids is 1. The van der Waals surface area contributed by atoms with Crippen LogP contribution in [0, 0.1) is 0 Å². The summed E-state index contributed by atoms with van der Waals surface area (Å²) in [6, 6.07) is 4.83. The summed E-state index contributed by atoms with van der Waals surface area (Å²) in [6.45, 7) is 0. The molecule has 0 aromatic heterocycles. The third kappa shape index (κ3) is 4.44. The average molecular weight is 218 g/mol. The van der Waals surface area contributed by atoms with Crippen molar-refractivity contribution in [3.8, 4) is 0 Å². The Balaban J connectivity index is 0. The number of rotatable bonds is 2. The maximum absolute atomic E-state index is 10.7. The Morgan fingerprint density at radius 3 is 1.93 bits per heavy atom. The van der Waals surface area contributed by atoms with Crippen LogP contribution in [0.1, 0.15) is 10.4 Å². The fraction of sp³-hybridized carbons (Fsp3) is 0. The van der Waals surface area contributed by atoms with E-state index in [1.807, 2.05) is 0 Å². The van der Waals surface area contributed by atoms with Crippen LogP contribution in [0.2, 0.25) is 0 Å². The fourth-order valence-corrected chi connectivity index (χ4v) is 1.55. The summed E-state index contributed by atoms with van der Waals surface area (Å²) in [7, 11) is -4.46. The van der Waals surface area contributed by atoms with E-state index in [1.54, 1.807) is 0 Å². The third-order valence-electron chi connectivity index (χ3n) is 1.40. The van der Waals surface area contributed by atoms with Crippen molar-refractivity contribution in [3.05, 3.63) is 29.8 Å². The van der Waals surface area contributed by atoms with Crippen LogP contribution in [0.25, 0.3) is 0 Å². The summed E-state index contributed by atoms with van der Waals surface area (Å²) >= 11 is 0. The molecule has 0 heterocycles. The van der Waals surface area contributed by atoms with E-state index < -0.39 is 26.5 Å². The number of carbonyl (C=O) groups is 1. The van der Waals surface area contributed by atoms with E-state index in [2.05, 4.69) is 0 Å². The van der Waals surface area contributed by atoms with Crippen molar-refractivity contribution < 1.29 is 22.9 Å². The molecule has 8 heteroatoms. The molecule has 0 unspecified atom stereocenters. The van der Waals surface area contributed by atoms with Crippen molar-refractivity contribution in [2.45, 2.75) is 4.90 Å². The van der Waals surface area contributed by atoms with Gasteiger partial charge in [0.15, 0.2) is 0 Å². The van der Waals surface area contributed by atoms with Gasteiger partial charge in [-0.25, -0.2) is 4.79 Å². The number of carboxylic acid groups (broad SMARTS) is 1. The zero-order valence-electron chi connectivity index (χ0n) is 6.34. The zero-order chi connectivity index (χ0) is 10.1. The zero-order valence-corrected chi connectivity index (χ0v) is 7.15. The predicted molar refractivity (Wildman–Crippen MR) is 57.5 cm³/mol. The number of hydrogen-bond acceptors (Lipinski definition) is 3. The molecule has 0 saturated carbocycles. The van der Waals surface area contributed by atoms with Gasteiger partial charge in [0.1, 0.15) is 4.90 Å². The first-order valence-electron chi connectivity index (χ1n) is 3.23. The molecule has 1 aromatic rings. The average Bonchev–Trinajstić information content (AvgIpc) is 2.03. The van der Waals surface area contributed by atoms with Crippen LogP contribution in [0.15, 0.2) is 29.2 Å². The molecule has 0 amide bonds. The van der Waals surface area contributed by atoms with E-state index in [4.69, 9.17) is 9.66 Å². The Bertz CT molecular complexity index is 442. The van der Waals surface area contributed by atoms with Gasteiger partial charge in [-0.05, 0) is 12.1 Å². The summed E-state index contributed by atoms with van der Waals surface area (Å²) in [6.07, 6.45) is 0. The summed E-state index contributed by atoms with van der Waals surface area (Å²) in [5, 5.41) is 8.55. The number of benzene rings is 1. The Morgan fingerprint density at radius 2 is 1.60 bits per heavy atom. The quantitative estimate of drug-likeness (QED) is 0.507. The van der Waals surface area contributed by atoms with Crippen LogP contribution in [0.4, 0.5) is 0 Å². The Kier molecular flexibility index (Phi) is 7.33. The van der Waals surface area contributed by atoms with Crippen LogP contribution in [0.5, 0.6) is 0 Å². The SMILES string of the molecule is O=C(O)c1ccccc1S(=O)(=O)O.[LiH].[LiH]. The van der Waals surface area contributed by atoms with Crippen molar-refractivity contribution in [1.29, 1.82) is 0 Å². The second-order valence-electron chi connectivity index (χ2n) is 2.28. The maximum atomic E-state index is 10.7. The van der Waals surface area contributed by atoms with Gasteiger partial charge in [-0.3, -0.25) is 4.55 Å². The Morgan fingerprint density at radius 1 is 1.13 bits per heavy atom. The van der Waals surface area contributed by atoms with Gasteiger partial charge >= 0.3 is 43.7 Å². The molecule has 0 aliphatic carbocycles. The topological polar surface area (TPSA) is 91.7 Å². The first kappa shape index (κ1) is 17.2. The second kappa shape index (κ2) is 6.39. The van der Waals surface area contributed by atoms with Crippen molar-refractivity contribution in [3.63, 3.8) is 0 Å². The molecular formula is C7H8Li2O5S. The van der Waals surface area contributed by atoms with Gasteiger partial charge in [0.2, 0.25) is 0 Å². The van der Waals surface area contributed by atoms with E-state index >= 15 is 0 Å². The minimum atomic E-state index is -4.46. The summed E-state index contributed by atoms with van der Waals surface area (Å²) < 4.78 is 29.9. The molecule has 15 heavy (non-hydrogen) atoms. The van der Waals surface area contributed by atoms with Gasteiger partial charge in [-0.2, -0.15) is 8.42 Å². The van der Waals surface area contributed by atoms with Crippen molar-refractivity contribution >= 4 is 53.8 Å². The number of hydrogen-bond donors (Lipinski definition) is 2. The molecule has 1 aromatic carbocycles. The van der Waals surface area contributed by atoms with Crippen LogP contribution < -0.4 is 0 Å². The van der Waals surface area contributed by atoms with Crippen LogP contribution >= 0.6 is 0 Å². The molecule has 2 N–H and O–H groups in total. The summed E-state index contributed by atoms with van der Waals surface area (Å²) in [4.78, 5) is 9.90. The third-order valence-corrected chi connectivity index (χ3v) is 2.31. The van der Waals surface area contributed by atoms with E-state index in [0.29, 0.717) is 0 Å². The molecule has 0 aliphatic rings. The van der Waals surface area contributed by atoms with Gasteiger partial charge in [0.25, 0.3) is 10.1 Å². The standard InChI is InChI=1S/C7H6O5S.2Li.2H/c8-7(9)5-3-1-2-4-6(5)13(10,11)12;;;;/h1-4H,(H,8,9)(H,10,11,12);;;;. The Hall–Kier alpha value is -0.205. The first-order valence-corrected chi connectivity index (χ1v) is 4.67. The number of aromatic carboxylic acids is 1. The molecule has 0 bridgehead atoms. The van der Waals surface area contributed by atoms with Crippen LogP contribution in [-0.4, -0.2) is 61.8 Å². The van der Waals surface area contributed by atoms with Crippen LogP contribution in [-0.2, 0) is 10.1 Å². The molecule has 0 fully saturated rings. The van der Waals surface area contributed by atoms with Crippen molar-refractivity contribution in [1.82, 2.24) is 0 Å². The van der Waals surface area contributed by atoms with Crippen molar-refractivity contribution in [2.24, 2.45) is 0 Å². The predicted octanol–water partition coefficient (Wildman–Crippen LogP) is -0.665. The normalized spacial score (nSPS) is 9.67. The van der Waals surface area contributed by atoms with Crippen LogP contribution in [0.3, 0.4) is 0 Å². The second-order valence-corrected chi connectivity index (χ2v) is 3.67. The van der Waals surface area contributed by atoms with Gasteiger partial charge in [-0.15, -0.1) is 0 Å². The molecule has 1 rings (SSSR count). The summed E-state index contributed by atoms with van der Waals surface area (Å²) in [5.41, 5.74) is -0.440. The van der Waals surface area contributed by atoms with Gasteiger partial charge in [0, 0.05) is 0 Å². The van der Waals surface area contributed by atoms with Gasteiger partial charge in [-0.1, -0.05) is 12.1 Å². The molecule has 0 spiro atoms. The molecule has 0 saturated heterocycles. The van der Waals surface area contributed by atoms with E-state index in [1.165, 1.54) is 12.1 Å². The van der Waals surface area contributed by atoms with Crippen molar-refractivity contribution in [2.75, 3.05) is 0 Å². The molecule has 74 valence electrons. The molecule has 0 radical (unpaired) electrons. The molecule has 5 nitrogen and oxygen atoms in total. The Labute approximate surface area is 111 Å². The van der Waals surface area contributed by atoms with E-state index in [9.17, 15) is 13.2 Å². The molecule has 0 aliphatic heterocycles. The van der Waals surface area contributed by atoms with Gasteiger partial charge in [0.05, 0.1) is 5.56 Å². The molecule has 0 atom stereocenters. The first-order chi connectivity index (χ1) is 5.93.